The molecule has 4 aromatic carbocycles. The lowest BCUT2D eigenvalue weighted by molar-refractivity contribution is -0.597. The highest BCUT2D eigenvalue weighted by atomic mass is 127. The molecule has 0 aromatic heterocycles. The summed E-state index contributed by atoms with van der Waals surface area (Å²) in [6, 6.07) is 30.6. The molecule has 0 bridgehead atoms. The largest absolute Gasteiger partial charge is 0.514 e. The van der Waals surface area contributed by atoms with Crippen molar-refractivity contribution >= 4 is 12.3 Å². The minimum Gasteiger partial charge on any atom is -0.489 e. The van der Waals surface area contributed by atoms with Gasteiger partial charge < -0.3 is 28.4 Å². The van der Waals surface area contributed by atoms with Crippen LogP contribution in [-0.4, -0.2) is 23.5 Å². The number of hydrogen-bond donors (Lipinski definition) is 0. The van der Waals surface area contributed by atoms with Crippen LogP contribution in [0, 0.1) is 7.14 Å². The molecule has 236 valence electrons. The highest BCUT2D eigenvalue weighted by molar-refractivity contribution is 5.64. The number of hydrogen-bond acceptors (Lipinski definition) is 8. The monoisotopic (exact) mass is 725 g/mol. The standard InChI is InChI=1S/C36H38IO8/c1-35(2,3)44-33(38)42-31-15-7-25(8-16-31)23-40-29-19-11-27(12-20-29)37-28-13-21-30(22-14-28)41-24-26-9-17-32(18-10-26)43-34(39)45-36(4,5)6/h7-22H,23-24H2,1-6H3/q+1. The molecule has 4 rings (SSSR count). The maximum atomic E-state index is 11.8. The van der Waals surface area contributed by atoms with E-state index in [0.717, 1.165) is 22.6 Å². The van der Waals surface area contributed by atoms with Crippen LogP contribution in [0.4, 0.5) is 9.59 Å². The van der Waals surface area contributed by atoms with E-state index in [1.165, 1.54) is 7.14 Å². The first-order valence-electron chi connectivity index (χ1n) is 14.4. The SMILES string of the molecule is CC(C)(C)OC(=O)Oc1ccc(COc2ccc([I+]c3ccc(OCc4ccc(OC(=O)OC(C)(C)C)cc4)cc3)cc2)cc1. The van der Waals surface area contributed by atoms with Gasteiger partial charge in [0.05, 0.1) is 0 Å². The van der Waals surface area contributed by atoms with Crippen LogP contribution in [0.15, 0.2) is 97.1 Å². The van der Waals surface area contributed by atoms with Crippen molar-refractivity contribution in [2.24, 2.45) is 0 Å². The normalized spacial score (nSPS) is 11.3. The van der Waals surface area contributed by atoms with Crippen molar-refractivity contribution in [3.63, 3.8) is 0 Å². The van der Waals surface area contributed by atoms with E-state index in [2.05, 4.69) is 24.3 Å². The molecule has 0 aliphatic rings. The van der Waals surface area contributed by atoms with Gasteiger partial charge in [0.1, 0.15) is 47.4 Å². The fraction of sp³-hybridized carbons (Fsp3) is 0.278. The summed E-state index contributed by atoms with van der Waals surface area (Å²) in [5, 5.41) is 0. The molecule has 0 spiro atoms. The molecular formula is C36H38IO8+. The number of rotatable bonds is 10. The summed E-state index contributed by atoms with van der Waals surface area (Å²) >= 11 is -0.361. The summed E-state index contributed by atoms with van der Waals surface area (Å²) in [4.78, 5) is 23.7. The first-order valence-corrected chi connectivity index (χ1v) is 16.6. The van der Waals surface area contributed by atoms with Crippen molar-refractivity contribution in [2.45, 2.75) is 66.0 Å². The summed E-state index contributed by atoms with van der Waals surface area (Å²) in [6.45, 7) is 11.5. The Morgan fingerprint density at radius 2 is 0.800 bits per heavy atom. The molecule has 45 heavy (non-hydrogen) atoms. The van der Waals surface area contributed by atoms with Crippen LogP contribution >= 0.6 is 0 Å². The van der Waals surface area contributed by atoms with Crippen molar-refractivity contribution in [3.8, 4) is 23.0 Å². The van der Waals surface area contributed by atoms with Crippen LogP contribution < -0.4 is 40.2 Å². The van der Waals surface area contributed by atoms with Crippen LogP contribution in [0.25, 0.3) is 0 Å². The Balaban J connectivity index is 1.19. The second-order valence-corrected chi connectivity index (χ2v) is 15.0. The summed E-state index contributed by atoms with van der Waals surface area (Å²) in [6.07, 6.45) is -1.46. The zero-order valence-electron chi connectivity index (χ0n) is 26.3. The van der Waals surface area contributed by atoms with Crippen LogP contribution in [0.2, 0.25) is 0 Å². The Labute approximate surface area is 274 Å². The molecule has 0 N–H and O–H groups in total. The van der Waals surface area contributed by atoms with E-state index in [0.29, 0.717) is 24.7 Å². The average Bonchev–Trinajstić information content (AvgIpc) is 2.96. The van der Waals surface area contributed by atoms with Crippen molar-refractivity contribution < 1.29 is 59.2 Å². The molecule has 9 heteroatoms. The maximum absolute atomic E-state index is 11.8. The first kappa shape index (κ1) is 33.6. The van der Waals surface area contributed by atoms with E-state index in [4.69, 9.17) is 28.4 Å². The van der Waals surface area contributed by atoms with E-state index in [9.17, 15) is 9.59 Å². The number of carbonyl (C=O) groups is 2. The van der Waals surface area contributed by atoms with E-state index in [1.54, 1.807) is 65.8 Å². The van der Waals surface area contributed by atoms with Gasteiger partial charge in [-0.1, -0.05) is 24.3 Å². The van der Waals surface area contributed by atoms with Crippen LogP contribution in [0.3, 0.4) is 0 Å². The minimum atomic E-state index is -0.730. The van der Waals surface area contributed by atoms with Gasteiger partial charge in [0, 0.05) is 0 Å². The second-order valence-electron chi connectivity index (χ2n) is 12.0. The molecule has 8 nitrogen and oxygen atoms in total. The first-order chi connectivity index (χ1) is 21.3. The molecule has 0 atom stereocenters. The highest BCUT2D eigenvalue weighted by Crippen LogP contribution is 2.19. The number of carbonyl (C=O) groups excluding carboxylic acids is 2. The van der Waals surface area contributed by atoms with Crippen molar-refractivity contribution in [3.05, 3.63) is 115 Å². The fourth-order valence-corrected chi connectivity index (χ4v) is 5.85. The third kappa shape index (κ3) is 12.3. The smallest absolute Gasteiger partial charge is 0.489 e. The van der Waals surface area contributed by atoms with Gasteiger partial charge in [0.25, 0.3) is 0 Å². The lowest BCUT2D eigenvalue weighted by Crippen LogP contribution is -3.61. The Bertz CT molecular complexity index is 1420. The van der Waals surface area contributed by atoms with Gasteiger partial charge in [-0.3, -0.25) is 0 Å². The van der Waals surface area contributed by atoms with Gasteiger partial charge in [-0.2, -0.15) is 0 Å². The average molecular weight is 726 g/mol. The predicted molar refractivity (Wildman–Crippen MR) is 166 cm³/mol. The van der Waals surface area contributed by atoms with Crippen molar-refractivity contribution in [1.82, 2.24) is 0 Å². The summed E-state index contributed by atoms with van der Waals surface area (Å²) in [7, 11) is 0. The van der Waals surface area contributed by atoms with Crippen molar-refractivity contribution in [2.75, 3.05) is 0 Å². The predicted octanol–water partition coefficient (Wildman–Crippen LogP) is 5.60. The van der Waals surface area contributed by atoms with Crippen LogP contribution in [0.5, 0.6) is 23.0 Å². The van der Waals surface area contributed by atoms with Crippen LogP contribution in [0.1, 0.15) is 52.7 Å². The van der Waals surface area contributed by atoms with Gasteiger partial charge in [0.2, 0.25) is 0 Å². The molecule has 0 aliphatic heterocycles. The third-order valence-corrected chi connectivity index (χ3v) is 8.37. The lowest BCUT2D eigenvalue weighted by atomic mass is 10.2. The van der Waals surface area contributed by atoms with Gasteiger partial charge in [0.15, 0.2) is 7.14 Å². The Morgan fingerprint density at radius 1 is 0.489 bits per heavy atom. The molecule has 0 radical (unpaired) electrons. The third-order valence-electron chi connectivity index (χ3n) is 5.68. The minimum absolute atomic E-state index is 0.361. The van der Waals surface area contributed by atoms with E-state index in [-0.39, 0.29) is 21.2 Å². The summed E-state index contributed by atoms with van der Waals surface area (Å²) in [5.41, 5.74) is 0.689. The van der Waals surface area contributed by atoms with E-state index < -0.39 is 23.5 Å². The topological polar surface area (TPSA) is 89.5 Å². The number of ether oxygens (including phenoxy) is 6. The molecule has 4 aromatic rings. The van der Waals surface area contributed by atoms with Crippen molar-refractivity contribution in [1.29, 1.82) is 0 Å². The Kier molecular flexibility index (Phi) is 11.3. The number of benzene rings is 4. The van der Waals surface area contributed by atoms with E-state index in [1.807, 2.05) is 48.5 Å². The molecule has 0 amide bonds. The molecule has 0 saturated heterocycles. The van der Waals surface area contributed by atoms with Gasteiger partial charge in [-0.15, -0.1) is 0 Å². The zero-order valence-corrected chi connectivity index (χ0v) is 28.5. The molecule has 0 aliphatic carbocycles. The highest BCUT2D eigenvalue weighted by Gasteiger charge is 2.19. The molecule has 0 saturated carbocycles. The summed E-state index contributed by atoms with van der Waals surface area (Å²) in [5.74, 6) is 2.40. The zero-order chi connectivity index (χ0) is 32.5. The Morgan fingerprint density at radius 3 is 1.11 bits per heavy atom. The fourth-order valence-electron chi connectivity index (χ4n) is 3.69. The van der Waals surface area contributed by atoms with Crippen LogP contribution in [-0.2, 0) is 22.7 Å². The molecule has 0 heterocycles. The molecule has 0 unspecified atom stereocenters. The lowest BCUT2D eigenvalue weighted by Gasteiger charge is -2.18. The number of halogens is 1. The molecule has 0 fully saturated rings. The summed E-state index contributed by atoms with van der Waals surface area (Å²) < 4.78 is 35.2. The Hall–Kier alpha value is -4.25. The maximum Gasteiger partial charge on any atom is 0.514 e. The van der Waals surface area contributed by atoms with E-state index >= 15 is 0 Å². The molecular weight excluding hydrogens is 687 g/mol. The van der Waals surface area contributed by atoms with Gasteiger partial charge in [-0.05, 0) is 125 Å². The van der Waals surface area contributed by atoms with Gasteiger partial charge in [-0.25, -0.2) is 9.59 Å². The second kappa shape index (κ2) is 15.2. The quantitative estimate of drug-likeness (QED) is 0.119. The van der Waals surface area contributed by atoms with Gasteiger partial charge >= 0.3 is 33.5 Å².